The van der Waals surface area contributed by atoms with Crippen LogP contribution in [0, 0.1) is 0 Å². The second-order valence-electron chi connectivity index (χ2n) is 4.10. The van der Waals surface area contributed by atoms with Gasteiger partial charge in [0.05, 0.1) is 23.1 Å². The first-order valence-corrected chi connectivity index (χ1v) is 7.07. The predicted octanol–water partition coefficient (Wildman–Crippen LogP) is -0.0481. The third-order valence-corrected chi connectivity index (χ3v) is 4.59. The molecule has 1 aliphatic rings. The fourth-order valence-corrected chi connectivity index (χ4v) is 3.66. The lowest BCUT2D eigenvalue weighted by atomic mass is 10.2. The summed E-state index contributed by atoms with van der Waals surface area (Å²) in [6.07, 6.45) is 3.67. The van der Waals surface area contributed by atoms with Crippen LogP contribution in [-0.2, 0) is 9.84 Å². The first kappa shape index (κ1) is 10.5. The smallest absolute Gasteiger partial charge is 0.160 e. The molecular formula is C9H11N5O2S. The Balaban J connectivity index is 1.88. The van der Waals surface area contributed by atoms with Crippen molar-refractivity contribution < 1.29 is 8.42 Å². The van der Waals surface area contributed by atoms with E-state index in [1.165, 1.54) is 6.33 Å². The average molecular weight is 253 g/mol. The summed E-state index contributed by atoms with van der Waals surface area (Å²) in [7, 11) is -2.88. The standard InChI is InChI=1S/C9H11N5O2S/c15-17(16)2-1-6(4-17)13-8-7-3-12-14-9(7)11-5-10-8/h3,5-6H,1-2,4H2,(H2,10,11,12,13,14). The summed E-state index contributed by atoms with van der Waals surface area (Å²) in [5, 5.41) is 10.5. The molecule has 0 amide bonds. The molecule has 0 bridgehead atoms. The van der Waals surface area contributed by atoms with Crippen molar-refractivity contribution in [2.75, 3.05) is 16.8 Å². The van der Waals surface area contributed by atoms with Gasteiger partial charge in [0, 0.05) is 6.04 Å². The van der Waals surface area contributed by atoms with Crippen molar-refractivity contribution in [3.8, 4) is 0 Å². The molecule has 3 rings (SSSR count). The Bertz CT molecular complexity index is 650. The van der Waals surface area contributed by atoms with Gasteiger partial charge in [-0.25, -0.2) is 18.4 Å². The maximum absolute atomic E-state index is 11.4. The summed E-state index contributed by atoms with van der Waals surface area (Å²) in [5.41, 5.74) is 0.642. The highest BCUT2D eigenvalue weighted by Gasteiger charge is 2.28. The molecular weight excluding hydrogens is 242 g/mol. The number of H-pyrrole nitrogens is 1. The van der Waals surface area contributed by atoms with Crippen LogP contribution >= 0.6 is 0 Å². The van der Waals surface area contributed by atoms with Gasteiger partial charge in [-0.3, -0.25) is 5.10 Å². The largest absolute Gasteiger partial charge is 0.366 e. The Morgan fingerprint density at radius 3 is 3.06 bits per heavy atom. The molecule has 0 aromatic carbocycles. The summed E-state index contributed by atoms with van der Waals surface area (Å²) in [6, 6.07) is -0.0759. The molecule has 90 valence electrons. The lowest BCUT2D eigenvalue weighted by Gasteiger charge is -2.11. The normalized spacial score (nSPS) is 22.9. The molecule has 2 N–H and O–H groups in total. The van der Waals surface area contributed by atoms with E-state index >= 15 is 0 Å². The zero-order valence-corrected chi connectivity index (χ0v) is 9.74. The molecule has 1 fully saturated rings. The molecule has 3 heterocycles. The van der Waals surface area contributed by atoms with Crippen LogP contribution in [0.5, 0.6) is 0 Å². The molecule has 1 aliphatic heterocycles. The fourth-order valence-electron chi connectivity index (χ4n) is 1.98. The Morgan fingerprint density at radius 2 is 2.29 bits per heavy atom. The molecule has 2 aromatic heterocycles. The van der Waals surface area contributed by atoms with Gasteiger partial charge in [-0.1, -0.05) is 0 Å². The van der Waals surface area contributed by atoms with Crippen molar-refractivity contribution in [1.29, 1.82) is 0 Å². The van der Waals surface area contributed by atoms with Crippen molar-refractivity contribution in [2.24, 2.45) is 0 Å². The highest BCUT2D eigenvalue weighted by atomic mass is 32.2. The minimum atomic E-state index is -2.88. The van der Waals surface area contributed by atoms with E-state index in [2.05, 4.69) is 25.5 Å². The maximum atomic E-state index is 11.4. The van der Waals surface area contributed by atoms with Gasteiger partial charge in [-0.05, 0) is 6.42 Å². The van der Waals surface area contributed by atoms with Crippen LogP contribution in [0.1, 0.15) is 6.42 Å². The van der Waals surface area contributed by atoms with Gasteiger partial charge < -0.3 is 5.32 Å². The van der Waals surface area contributed by atoms with Gasteiger partial charge in [0.15, 0.2) is 15.5 Å². The number of nitrogens with one attached hydrogen (secondary N) is 2. The second-order valence-corrected chi connectivity index (χ2v) is 6.33. The van der Waals surface area contributed by atoms with Crippen LogP contribution in [0.4, 0.5) is 5.82 Å². The number of aromatic nitrogens is 4. The zero-order valence-electron chi connectivity index (χ0n) is 8.92. The van der Waals surface area contributed by atoms with E-state index in [0.717, 1.165) is 5.39 Å². The van der Waals surface area contributed by atoms with Gasteiger partial charge in [0.2, 0.25) is 0 Å². The van der Waals surface area contributed by atoms with E-state index < -0.39 is 9.84 Å². The first-order chi connectivity index (χ1) is 8.14. The van der Waals surface area contributed by atoms with Crippen LogP contribution in [0.2, 0.25) is 0 Å². The number of aromatic amines is 1. The zero-order chi connectivity index (χ0) is 11.9. The number of rotatable bonds is 2. The summed E-state index contributed by atoms with van der Waals surface area (Å²) in [6.45, 7) is 0. The van der Waals surface area contributed by atoms with Gasteiger partial charge >= 0.3 is 0 Å². The summed E-state index contributed by atoms with van der Waals surface area (Å²) < 4.78 is 22.7. The molecule has 0 aliphatic carbocycles. The summed E-state index contributed by atoms with van der Waals surface area (Å²) >= 11 is 0. The van der Waals surface area contributed by atoms with Crippen molar-refractivity contribution in [3.63, 3.8) is 0 Å². The van der Waals surface area contributed by atoms with Crippen LogP contribution in [0.25, 0.3) is 11.0 Å². The molecule has 17 heavy (non-hydrogen) atoms. The van der Waals surface area contributed by atoms with E-state index in [-0.39, 0.29) is 17.5 Å². The molecule has 8 heteroatoms. The number of hydrogen-bond donors (Lipinski definition) is 2. The van der Waals surface area contributed by atoms with Gasteiger partial charge in [-0.15, -0.1) is 0 Å². The van der Waals surface area contributed by atoms with Gasteiger partial charge in [-0.2, -0.15) is 5.10 Å². The molecule has 1 atom stereocenters. The van der Waals surface area contributed by atoms with E-state index in [4.69, 9.17) is 0 Å². The summed E-state index contributed by atoms with van der Waals surface area (Å²) in [4.78, 5) is 8.13. The molecule has 0 spiro atoms. The number of anilines is 1. The van der Waals surface area contributed by atoms with E-state index in [1.54, 1.807) is 6.20 Å². The van der Waals surface area contributed by atoms with Crippen LogP contribution in [-0.4, -0.2) is 46.1 Å². The van der Waals surface area contributed by atoms with Crippen molar-refractivity contribution in [3.05, 3.63) is 12.5 Å². The molecule has 0 saturated carbocycles. The Labute approximate surface area is 97.6 Å². The highest BCUT2D eigenvalue weighted by molar-refractivity contribution is 7.91. The van der Waals surface area contributed by atoms with Crippen molar-refractivity contribution in [2.45, 2.75) is 12.5 Å². The van der Waals surface area contributed by atoms with Crippen molar-refractivity contribution in [1.82, 2.24) is 20.2 Å². The topological polar surface area (TPSA) is 101 Å². The van der Waals surface area contributed by atoms with Gasteiger partial charge in [0.25, 0.3) is 0 Å². The maximum Gasteiger partial charge on any atom is 0.160 e. The Morgan fingerprint density at radius 1 is 1.41 bits per heavy atom. The average Bonchev–Trinajstić information content (AvgIpc) is 2.85. The van der Waals surface area contributed by atoms with Crippen LogP contribution in [0.15, 0.2) is 12.5 Å². The number of hydrogen-bond acceptors (Lipinski definition) is 6. The highest BCUT2D eigenvalue weighted by Crippen LogP contribution is 2.20. The van der Waals surface area contributed by atoms with Gasteiger partial charge in [0.1, 0.15) is 12.1 Å². The van der Waals surface area contributed by atoms with Crippen LogP contribution < -0.4 is 5.32 Å². The lowest BCUT2D eigenvalue weighted by Crippen LogP contribution is -2.21. The summed E-state index contributed by atoms with van der Waals surface area (Å²) in [5.74, 6) is 1.03. The number of sulfone groups is 1. The number of nitrogens with zero attached hydrogens (tertiary/aromatic N) is 3. The Kier molecular flexibility index (Phi) is 2.25. The fraction of sp³-hybridized carbons (Fsp3) is 0.444. The quantitative estimate of drug-likeness (QED) is 0.778. The first-order valence-electron chi connectivity index (χ1n) is 5.25. The minimum absolute atomic E-state index is 0.0759. The van der Waals surface area contributed by atoms with Crippen molar-refractivity contribution >= 4 is 26.7 Å². The molecule has 1 unspecified atom stereocenters. The SMILES string of the molecule is O=S1(=O)CCC(Nc2ncnc3[nH]ncc23)C1. The molecule has 7 nitrogen and oxygen atoms in total. The Hall–Kier alpha value is -1.70. The van der Waals surface area contributed by atoms with E-state index in [9.17, 15) is 8.42 Å². The van der Waals surface area contributed by atoms with E-state index in [0.29, 0.717) is 17.9 Å². The molecule has 0 radical (unpaired) electrons. The third-order valence-electron chi connectivity index (χ3n) is 2.82. The predicted molar refractivity (Wildman–Crippen MR) is 62.4 cm³/mol. The second kappa shape index (κ2) is 3.66. The van der Waals surface area contributed by atoms with E-state index in [1.807, 2.05) is 0 Å². The van der Waals surface area contributed by atoms with Crippen LogP contribution in [0.3, 0.4) is 0 Å². The lowest BCUT2D eigenvalue weighted by molar-refractivity contribution is 0.602. The minimum Gasteiger partial charge on any atom is -0.366 e. The third kappa shape index (κ3) is 1.95. The number of fused-ring (bicyclic) bond motifs is 1. The molecule has 1 saturated heterocycles. The molecule has 2 aromatic rings. The monoisotopic (exact) mass is 253 g/mol.